The molecular formula is C8H18O5P-. The Balaban J connectivity index is 3.56. The number of rotatable bonds is 8. The van der Waals surface area contributed by atoms with Gasteiger partial charge in [0.15, 0.2) is 0 Å². The van der Waals surface area contributed by atoms with Gasteiger partial charge in [0.1, 0.15) is 0 Å². The Hall–Kier alpha value is 0.0700. The molecule has 0 aliphatic heterocycles. The Bertz CT molecular complexity index is 183. The summed E-state index contributed by atoms with van der Waals surface area (Å²) in [5.74, 6) is 0. The highest BCUT2D eigenvalue weighted by atomic mass is 31.2. The SMILES string of the molecule is CCCCOP(=O)([O-])OCCC(C)O. The topological polar surface area (TPSA) is 78.8 Å². The van der Waals surface area contributed by atoms with Crippen LogP contribution < -0.4 is 4.89 Å². The van der Waals surface area contributed by atoms with Gasteiger partial charge in [-0.05, 0) is 19.8 Å². The van der Waals surface area contributed by atoms with Crippen LogP contribution >= 0.6 is 7.82 Å². The zero-order valence-electron chi connectivity index (χ0n) is 8.64. The highest BCUT2D eigenvalue weighted by Crippen LogP contribution is 2.38. The first-order valence-electron chi connectivity index (χ1n) is 4.76. The van der Waals surface area contributed by atoms with Gasteiger partial charge in [-0.3, -0.25) is 4.57 Å². The zero-order chi connectivity index (χ0) is 11.0. The predicted molar refractivity (Wildman–Crippen MR) is 50.7 cm³/mol. The largest absolute Gasteiger partial charge is 0.756 e. The summed E-state index contributed by atoms with van der Waals surface area (Å²) in [4.78, 5) is 11.0. The van der Waals surface area contributed by atoms with Gasteiger partial charge in [0.25, 0.3) is 7.82 Å². The Labute approximate surface area is 84.7 Å². The summed E-state index contributed by atoms with van der Waals surface area (Å²) >= 11 is 0. The van der Waals surface area contributed by atoms with Gasteiger partial charge >= 0.3 is 0 Å². The lowest BCUT2D eigenvalue weighted by molar-refractivity contribution is -0.225. The lowest BCUT2D eigenvalue weighted by Crippen LogP contribution is -2.12. The van der Waals surface area contributed by atoms with E-state index in [-0.39, 0.29) is 19.6 Å². The third-order valence-electron chi connectivity index (χ3n) is 1.53. The fraction of sp³-hybridized carbons (Fsp3) is 1.00. The Morgan fingerprint density at radius 2 is 2.00 bits per heavy atom. The van der Waals surface area contributed by atoms with Crippen LogP contribution in [0.5, 0.6) is 0 Å². The van der Waals surface area contributed by atoms with Crippen molar-refractivity contribution in [2.75, 3.05) is 13.2 Å². The number of phosphoric acid groups is 1. The first kappa shape index (κ1) is 14.1. The van der Waals surface area contributed by atoms with Crippen molar-refractivity contribution in [2.24, 2.45) is 0 Å². The minimum Gasteiger partial charge on any atom is -0.756 e. The van der Waals surface area contributed by atoms with Crippen LogP contribution in [-0.4, -0.2) is 24.4 Å². The van der Waals surface area contributed by atoms with Crippen LogP contribution in [0.2, 0.25) is 0 Å². The van der Waals surface area contributed by atoms with E-state index in [9.17, 15) is 9.46 Å². The van der Waals surface area contributed by atoms with Crippen LogP contribution in [-0.2, 0) is 13.6 Å². The summed E-state index contributed by atoms with van der Waals surface area (Å²) in [7, 11) is -4.14. The molecule has 0 spiro atoms. The Morgan fingerprint density at radius 3 is 2.50 bits per heavy atom. The molecule has 14 heavy (non-hydrogen) atoms. The highest BCUT2D eigenvalue weighted by Gasteiger charge is 2.08. The maximum atomic E-state index is 11.0. The standard InChI is InChI=1S/C8H19O5P/c1-3-4-6-12-14(10,11)13-7-5-8(2)9/h8-9H,3-7H2,1-2H3,(H,10,11)/p-1. The summed E-state index contributed by atoms with van der Waals surface area (Å²) in [5.41, 5.74) is 0. The zero-order valence-corrected chi connectivity index (χ0v) is 9.53. The molecule has 0 aromatic carbocycles. The number of phosphoric ester groups is 1. The number of unbranched alkanes of at least 4 members (excludes halogenated alkanes) is 1. The molecule has 2 unspecified atom stereocenters. The Morgan fingerprint density at radius 1 is 1.43 bits per heavy atom. The molecule has 5 nitrogen and oxygen atoms in total. The van der Waals surface area contributed by atoms with E-state index in [2.05, 4.69) is 9.05 Å². The monoisotopic (exact) mass is 225 g/mol. The van der Waals surface area contributed by atoms with E-state index in [1.54, 1.807) is 6.92 Å². The van der Waals surface area contributed by atoms with Gasteiger partial charge in [0.05, 0.1) is 19.3 Å². The smallest absolute Gasteiger partial charge is 0.267 e. The molecule has 6 heteroatoms. The van der Waals surface area contributed by atoms with E-state index in [4.69, 9.17) is 5.11 Å². The number of aliphatic hydroxyl groups is 1. The number of hydrogen-bond acceptors (Lipinski definition) is 5. The molecule has 0 amide bonds. The summed E-state index contributed by atoms with van der Waals surface area (Å²) in [6, 6.07) is 0. The number of aliphatic hydroxyl groups excluding tert-OH is 1. The van der Waals surface area contributed by atoms with Crippen molar-refractivity contribution in [2.45, 2.75) is 39.2 Å². The Kier molecular flexibility index (Phi) is 7.41. The summed E-state index contributed by atoms with van der Waals surface area (Å²) < 4.78 is 20.0. The van der Waals surface area contributed by atoms with Gasteiger partial charge < -0.3 is 19.0 Å². The molecule has 0 aliphatic carbocycles. The van der Waals surface area contributed by atoms with Crippen LogP contribution in [0.15, 0.2) is 0 Å². The van der Waals surface area contributed by atoms with Crippen molar-refractivity contribution >= 4 is 7.82 Å². The second-order valence-corrected chi connectivity index (χ2v) is 4.52. The average Bonchev–Trinajstić information content (AvgIpc) is 2.03. The molecule has 0 aromatic rings. The van der Waals surface area contributed by atoms with Gasteiger partial charge in [-0.2, -0.15) is 0 Å². The van der Waals surface area contributed by atoms with Gasteiger partial charge in [-0.25, -0.2) is 0 Å². The predicted octanol–water partition coefficient (Wildman–Crippen LogP) is 1.06. The first-order chi connectivity index (χ1) is 6.48. The van der Waals surface area contributed by atoms with E-state index in [1.807, 2.05) is 6.92 Å². The van der Waals surface area contributed by atoms with Gasteiger partial charge in [-0.15, -0.1) is 0 Å². The average molecular weight is 225 g/mol. The third kappa shape index (κ3) is 8.66. The van der Waals surface area contributed by atoms with Crippen molar-refractivity contribution in [1.82, 2.24) is 0 Å². The molecule has 0 saturated heterocycles. The second kappa shape index (κ2) is 7.37. The van der Waals surface area contributed by atoms with E-state index in [0.717, 1.165) is 6.42 Å². The minimum absolute atomic E-state index is 0.0371. The number of hydrogen-bond donors (Lipinski definition) is 1. The van der Waals surface area contributed by atoms with Crippen molar-refractivity contribution in [3.05, 3.63) is 0 Å². The van der Waals surface area contributed by atoms with E-state index >= 15 is 0 Å². The maximum Gasteiger partial charge on any atom is 0.267 e. The summed E-state index contributed by atoms with van der Waals surface area (Å²) in [6.45, 7) is 3.63. The van der Waals surface area contributed by atoms with Crippen LogP contribution in [0.25, 0.3) is 0 Å². The molecule has 0 heterocycles. The summed E-state index contributed by atoms with van der Waals surface area (Å²) in [6.07, 6.45) is 1.27. The normalized spacial score (nSPS) is 17.7. The molecular weight excluding hydrogens is 207 g/mol. The van der Waals surface area contributed by atoms with E-state index in [1.165, 1.54) is 0 Å². The fourth-order valence-corrected chi connectivity index (χ4v) is 1.45. The lowest BCUT2D eigenvalue weighted by Gasteiger charge is -2.22. The molecule has 0 bridgehead atoms. The van der Waals surface area contributed by atoms with Gasteiger partial charge in [-0.1, -0.05) is 13.3 Å². The first-order valence-corrected chi connectivity index (χ1v) is 6.22. The van der Waals surface area contributed by atoms with Crippen LogP contribution in [0, 0.1) is 0 Å². The van der Waals surface area contributed by atoms with Gasteiger partial charge in [0.2, 0.25) is 0 Å². The molecule has 0 saturated carbocycles. The van der Waals surface area contributed by atoms with Crippen molar-refractivity contribution in [1.29, 1.82) is 0 Å². The van der Waals surface area contributed by atoms with E-state index < -0.39 is 13.9 Å². The molecule has 0 rings (SSSR count). The van der Waals surface area contributed by atoms with Crippen molar-refractivity contribution in [3.63, 3.8) is 0 Å². The van der Waals surface area contributed by atoms with Crippen LogP contribution in [0.3, 0.4) is 0 Å². The van der Waals surface area contributed by atoms with Crippen LogP contribution in [0.4, 0.5) is 0 Å². The van der Waals surface area contributed by atoms with Crippen LogP contribution in [0.1, 0.15) is 33.1 Å². The molecule has 86 valence electrons. The second-order valence-electron chi connectivity index (χ2n) is 3.10. The lowest BCUT2D eigenvalue weighted by atomic mass is 10.3. The quantitative estimate of drug-likeness (QED) is 0.493. The fourth-order valence-electron chi connectivity index (χ4n) is 0.693. The molecule has 2 atom stereocenters. The maximum absolute atomic E-state index is 11.0. The van der Waals surface area contributed by atoms with Crippen molar-refractivity contribution in [3.8, 4) is 0 Å². The summed E-state index contributed by atoms with van der Waals surface area (Å²) in [5, 5.41) is 8.85. The molecule has 0 radical (unpaired) electrons. The molecule has 0 aliphatic rings. The third-order valence-corrected chi connectivity index (χ3v) is 2.53. The highest BCUT2D eigenvalue weighted by molar-refractivity contribution is 7.45. The van der Waals surface area contributed by atoms with Crippen molar-refractivity contribution < 1.29 is 23.6 Å². The molecule has 0 aromatic heterocycles. The minimum atomic E-state index is -4.14. The van der Waals surface area contributed by atoms with Gasteiger partial charge in [0, 0.05) is 0 Å². The molecule has 1 N–H and O–H groups in total. The molecule has 0 fully saturated rings. The van der Waals surface area contributed by atoms with E-state index in [0.29, 0.717) is 6.42 Å².